The number of Topliss-reactive ketones (excluding diaryl/α,β-unsaturated/α-hetero) is 1. The summed E-state index contributed by atoms with van der Waals surface area (Å²) in [7, 11) is 0. The van der Waals surface area contributed by atoms with Crippen LogP contribution in [0, 0.1) is 6.92 Å². The SMILES string of the molecule is CCc1ccc(CC(=O)c2ccc(C)c(Br)c2)s1. The Morgan fingerprint density at radius 2 is 1.94 bits per heavy atom. The predicted octanol–water partition coefficient (Wildman–Crippen LogP) is 4.81. The second kappa shape index (κ2) is 5.81. The van der Waals surface area contributed by atoms with Crippen LogP contribution in [0.1, 0.15) is 32.6 Å². The number of hydrogen-bond donors (Lipinski definition) is 0. The van der Waals surface area contributed by atoms with Crippen molar-refractivity contribution in [3.63, 3.8) is 0 Å². The number of rotatable bonds is 4. The first-order valence-electron chi connectivity index (χ1n) is 5.97. The van der Waals surface area contributed by atoms with Crippen molar-refractivity contribution in [1.29, 1.82) is 0 Å². The molecule has 0 N–H and O–H groups in total. The second-order valence-electron chi connectivity index (χ2n) is 4.29. The van der Waals surface area contributed by atoms with Crippen molar-refractivity contribution in [3.8, 4) is 0 Å². The van der Waals surface area contributed by atoms with E-state index in [2.05, 4.69) is 35.0 Å². The lowest BCUT2D eigenvalue weighted by atomic mass is 10.1. The smallest absolute Gasteiger partial charge is 0.168 e. The van der Waals surface area contributed by atoms with Gasteiger partial charge in [-0.3, -0.25) is 4.79 Å². The largest absolute Gasteiger partial charge is 0.294 e. The molecule has 0 fully saturated rings. The molecule has 0 aliphatic carbocycles. The molecule has 0 aliphatic rings. The Labute approximate surface area is 120 Å². The quantitative estimate of drug-likeness (QED) is 0.738. The molecule has 0 amide bonds. The Kier molecular flexibility index (Phi) is 4.36. The van der Waals surface area contributed by atoms with E-state index < -0.39 is 0 Å². The van der Waals surface area contributed by atoms with Crippen LogP contribution in [-0.2, 0) is 12.8 Å². The van der Waals surface area contributed by atoms with E-state index in [1.54, 1.807) is 11.3 Å². The summed E-state index contributed by atoms with van der Waals surface area (Å²) < 4.78 is 0.994. The van der Waals surface area contributed by atoms with Crippen molar-refractivity contribution in [3.05, 3.63) is 55.7 Å². The number of aryl methyl sites for hydroxylation is 2. The third kappa shape index (κ3) is 3.09. The lowest BCUT2D eigenvalue weighted by molar-refractivity contribution is 0.0994. The van der Waals surface area contributed by atoms with Crippen molar-refractivity contribution < 1.29 is 4.79 Å². The van der Waals surface area contributed by atoms with Crippen LogP contribution in [0.25, 0.3) is 0 Å². The van der Waals surface area contributed by atoms with Gasteiger partial charge in [0.15, 0.2) is 5.78 Å². The van der Waals surface area contributed by atoms with E-state index in [0.717, 1.165) is 26.9 Å². The Hall–Kier alpha value is -0.930. The normalized spacial score (nSPS) is 10.6. The van der Waals surface area contributed by atoms with Crippen molar-refractivity contribution in [2.75, 3.05) is 0 Å². The molecule has 1 heterocycles. The van der Waals surface area contributed by atoms with Gasteiger partial charge in [-0.15, -0.1) is 11.3 Å². The van der Waals surface area contributed by atoms with Crippen LogP contribution in [0.15, 0.2) is 34.8 Å². The average molecular weight is 323 g/mol. The molecule has 1 aromatic heterocycles. The highest BCUT2D eigenvalue weighted by molar-refractivity contribution is 9.10. The molecule has 1 aromatic carbocycles. The third-order valence-corrected chi connectivity index (χ3v) is 4.98. The van der Waals surface area contributed by atoms with Gasteiger partial charge in [-0.2, -0.15) is 0 Å². The molecule has 1 nitrogen and oxygen atoms in total. The molecule has 0 aliphatic heterocycles. The summed E-state index contributed by atoms with van der Waals surface area (Å²) in [4.78, 5) is 14.6. The number of ketones is 1. The van der Waals surface area contributed by atoms with Crippen LogP contribution < -0.4 is 0 Å². The highest BCUT2D eigenvalue weighted by Gasteiger charge is 2.10. The van der Waals surface area contributed by atoms with Crippen molar-refractivity contribution in [2.24, 2.45) is 0 Å². The number of halogens is 1. The lowest BCUT2D eigenvalue weighted by Gasteiger charge is -2.02. The number of hydrogen-bond acceptors (Lipinski definition) is 2. The molecule has 0 atom stereocenters. The molecule has 2 rings (SSSR count). The lowest BCUT2D eigenvalue weighted by Crippen LogP contribution is -2.02. The number of carbonyl (C=O) groups excluding carboxylic acids is 1. The summed E-state index contributed by atoms with van der Waals surface area (Å²) in [6.07, 6.45) is 1.54. The molecular weight excluding hydrogens is 308 g/mol. The maximum absolute atomic E-state index is 12.2. The molecule has 0 bridgehead atoms. The zero-order valence-corrected chi connectivity index (χ0v) is 12.9. The molecule has 3 heteroatoms. The highest BCUT2D eigenvalue weighted by atomic mass is 79.9. The second-order valence-corrected chi connectivity index (χ2v) is 6.39. The number of thiophene rings is 1. The first kappa shape index (κ1) is 13.5. The molecule has 0 saturated carbocycles. The molecule has 0 saturated heterocycles. The molecule has 0 unspecified atom stereocenters. The molecule has 0 radical (unpaired) electrons. The van der Waals surface area contributed by atoms with Gasteiger partial charge in [0, 0.05) is 26.2 Å². The van der Waals surface area contributed by atoms with Gasteiger partial charge in [-0.1, -0.05) is 35.0 Å². The first-order chi connectivity index (χ1) is 8.60. The van der Waals surface area contributed by atoms with Gasteiger partial charge in [0.25, 0.3) is 0 Å². The summed E-state index contributed by atoms with van der Waals surface area (Å²) in [5.74, 6) is 0.181. The van der Waals surface area contributed by atoms with Crippen molar-refractivity contribution in [2.45, 2.75) is 26.7 Å². The fourth-order valence-corrected chi connectivity index (χ4v) is 3.07. The van der Waals surface area contributed by atoms with Crippen molar-refractivity contribution in [1.82, 2.24) is 0 Å². The predicted molar refractivity (Wildman–Crippen MR) is 80.6 cm³/mol. The molecule has 0 spiro atoms. The van der Waals surface area contributed by atoms with Crippen LogP contribution in [0.4, 0.5) is 0 Å². The van der Waals surface area contributed by atoms with Gasteiger partial charge in [0.1, 0.15) is 0 Å². The summed E-state index contributed by atoms with van der Waals surface area (Å²) >= 11 is 5.20. The van der Waals surface area contributed by atoms with E-state index >= 15 is 0 Å². The first-order valence-corrected chi connectivity index (χ1v) is 7.58. The van der Waals surface area contributed by atoms with Gasteiger partial charge in [-0.05, 0) is 37.1 Å². The van der Waals surface area contributed by atoms with E-state index in [4.69, 9.17) is 0 Å². The third-order valence-electron chi connectivity index (χ3n) is 2.89. The number of benzene rings is 1. The summed E-state index contributed by atoms with van der Waals surface area (Å²) in [5, 5.41) is 0. The fourth-order valence-electron chi connectivity index (χ4n) is 1.73. The van der Waals surface area contributed by atoms with Crippen LogP contribution in [-0.4, -0.2) is 5.78 Å². The maximum Gasteiger partial charge on any atom is 0.168 e. The average Bonchev–Trinajstić information content (AvgIpc) is 2.80. The van der Waals surface area contributed by atoms with E-state index in [0.29, 0.717) is 6.42 Å². The van der Waals surface area contributed by atoms with Crippen LogP contribution in [0.5, 0.6) is 0 Å². The summed E-state index contributed by atoms with van der Waals surface area (Å²) in [6, 6.07) is 9.95. The number of carbonyl (C=O) groups is 1. The van der Waals surface area contributed by atoms with Gasteiger partial charge >= 0.3 is 0 Å². The molecule has 94 valence electrons. The van der Waals surface area contributed by atoms with E-state index in [-0.39, 0.29) is 5.78 Å². The minimum Gasteiger partial charge on any atom is -0.294 e. The summed E-state index contributed by atoms with van der Waals surface area (Å²) in [5.41, 5.74) is 1.93. The van der Waals surface area contributed by atoms with E-state index in [9.17, 15) is 4.79 Å². The zero-order valence-electron chi connectivity index (χ0n) is 10.5. The Morgan fingerprint density at radius 3 is 2.56 bits per heavy atom. The zero-order chi connectivity index (χ0) is 13.1. The monoisotopic (exact) mass is 322 g/mol. The van der Waals surface area contributed by atoms with Crippen LogP contribution in [0.2, 0.25) is 0 Å². The van der Waals surface area contributed by atoms with Crippen molar-refractivity contribution >= 4 is 33.0 Å². The molecule has 18 heavy (non-hydrogen) atoms. The van der Waals surface area contributed by atoms with Gasteiger partial charge in [0.05, 0.1) is 0 Å². The fraction of sp³-hybridized carbons (Fsp3) is 0.267. The van der Waals surface area contributed by atoms with Crippen LogP contribution in [0.3, 0.4) is 0 Å². The minimum absolute atomic E-state index is 0.181. The Morgan fingerprint density at radius 1 is 1.22 bits per heavy atom. The van der Waals surface area contributed by atoms with Crippen LogP contribution >= 0.6 is 27.3 Å². The molecule has 2 aromatic rings. The standard InChI is InChI=1S/C15H15BrOS/c1-3-12-6-7-13(18-12)9-15(17)11-5-4-10(2)14(16)8-11/h4-8H,3,9H2,1-2H3. The Bertz CT molecular complexity index is 572. The maximum atomic E-state index is 12.2. The minimum atomic E-state index is 0.181. The van der Waals surface area contributed by atoms with Gasteiger partial charge in [-0.25, -0.2) is 0 Å². The van der Waals surface area contributed by atoms with Gasteiger partial charge < -0.3 is 0 Å². The van der Waals surface area contributed by atoms with E-state index in [1.165, 1.54) is 4.88 Å². The highest BCUT2D eigenvalue weighted by Crippen LogP contribution is 2.21. The summed E-state index contributed by atoms with van der Waals surface area (Å²) in [6.45, 7) is 4.15. The Balaban J connectivity index is 2.14. The van der Waals surface area contributed by atoms with E-state index in [1.807, 2.05) is 25.1 Å². The topological polar surface area (TPSA) is 17.1 Å². The molecular formula is C15H15BrOS. The van der Waals surface area contributed by atoms with Gasteiger partial charge in [0.2, 0.25) is 0 Å².